The Bertz CT molecular complexity index is 889. The number of hydrogen-bond acceptors (Lipinski definition) is 5. The highest BCUT2D eigenvalue weighted by Crippen LogP contribution is 2.27. The van der Waals surface area contributed by atoms with Crippen LogP contribution in [0.1, 0.15) is 10.4 Å². The van der Waals surface area contributed by atoms with E-state index in [4.69, 9.17) is 11.6 Å². The predicted molar refractivity (Wildman–Crippen MR) is 97.0 cm³/mol. The first-order valence-corrected chi connectivity index (χ1v) is 8.97. The number of piperazine rings is 1. The number of anilines is 1. The SMILES string of the molecule is O=C(c1ccccc1Cl)N1CCN(c2ncnc3sccc23)CC1. The number of benzene rings is 1. The van der Waals surface area contributed by atoms with Gasteiger partial charge in [0.2, 0.25) is 0 Å². The lowest BCUT2D eigenvalue weighted by Gasteiger charge is -2.35. The normalized spacial score (nSPS) is 15.0. The molecule has 0 atom stereocenters. The molecular weight excluding hydrogens is 344 g/mol. The molecule has 0 N–H and O–H groups in total. The van der Waals surface area contributed by atoms with Crippen LogP contribution >= 0.6 is 22.9 Å². The Labute approximate surface area is 148 Å². The number of aromatic nitrogens is 2. The number of carbonyl (C=O) groups is 1. The van der Waals surface area contributed by atoms with Gasteiger partial charge in [0.25, 0.3) is 5.91 Å². The number of hydrogen-bond donors (Lipinski definition) is 0. The van der Waals surface area contributed by atoms with Crippen molar-refractivity contribution < 1.29 is 4.79 Å². The van der Waals surface area contributed by atoms with Crippen molar-refractivity contribution in [3.8, 4) is 0 Å². The fraction of sp³-hybridized carbons (Fsp3) is 0.235. The highest BCUT2D eigenvalue weighted by molar-refractivity contribution is 7.16. The van der Waals surface area contributed by atoms with Gasteiger partial charge in [-0.1, -0.05) is 23.7 Å². The van der Waals surface area contributed by atoms with E-state index >= 15 is 0 Å². The molecule has 0 aliphatic carbocycles. The molecule has 1 aliphatic rings. The molecule has 122 valence electrons. The maximum atomic E-state index is 12.6. The van der Waals surface area contributed by atoms with Gasteiger partial charge in [-0.2, -0.15) is 0 Å². The number of nitrogens with zero attached hydrogens (tertiary/aromatic N) is 4. The monoisotopic (exact) mass is 358 g/mol. The number of fused-ring (bicyclic) bond motifs is 1. The van der Waals surface area contributed by atoms with Gasteiger partial charge in [0, 0.05) is 26.2 Å². The number of thiophene rings is 1. The van der Waals surface area contributed by atoms with E-state index in [1.54, 1.807) is 29.8 Å². The van der Waals surface area contributed by atoms with E-state index in [9.17, 15) is 4.79 Å². The van der Waals surface area contributed by atoms with Crippen LogP contribution in [-0.4, -0.2) is 47.0 Å². The molecule has 1 amide bonds. The van der Waals surface area contributed by atoms with Gasteiger partial charge in [-0.05, 0) is 23.6 Å². The fourth-order valence-corrected chi connectivity index (χ4v) is 3.90. The largest absolute Gasteiger partial charge is 0.352 e. The van der Waals surface area contributed by atoms with Crippen LogP contribution in [0.4, 0.5) is 5.82 Å². The summed E-state index contributed by atoms with van der Waals surface area (Å²) in [5.74, 6) is 0.940. The van der Waals surface area contributed by atoms with Gasteiger partial charge in [0.05, 0.1) is 16.0 Å². The van der Waals surface area contributed by atoms with Crippen LogP contribution in [0, 0.1) is 0 Å². The van der Waals surface area contributed by atoms with Crippen LogP contribution < -0.4 is 4.90 Å². The van der Waals surface area contributed by atoms with Crippen molar-refractivity contribution in [3.05, 3.63) is 52.6 Å². The average Bonchev–Trinajstić information content (AvgIpc) is 3.10. The first-order valence-electron chi connectivity index (χ1n) is 7.71. The van der Waals surface area contributed by atoms with Gasteiger partial charge in [-0.3, -0.25) is 4.79 Å². The van der Waals surface area contributed by atoms with E-state index in [1.165, 1.54) is 0 Å². The molecule has 5 nitrogen and oxygen atoms in total. The molecule has 24 heavy (non-hydrogen) atoms. The summed E-state index contributed by atoms with van der Waals surface area (Å²) in [5.41, 5.74) is 0.565. The summed E-state index contributed by atoms with van der Waals surface area (Å²) in [6.07, 6.45) is 1.61. The molecule has 1 saturated heterocycles. The van der Waals surface area contributed by atoms with E-state index in [0.29, 0.717) is 23.7 Å². The maximum absolute atomic E-state index is 12.6. The lowest BCUT2D eigenvalue weighted by molar-refractivity contribution is 0.0747. The number of amides is 1. The second-order valence-corrected chi connectivity index (χ2v) is 6.90. The minimum atomic E-state index is -0.0105. The van der Waals surface area contributed by atoms with Crippen molar-refractivity contribution in [2.24, 2.45) is 0 Å². The summed E-state index contributed by atoms with van der Waals surface area (Å²) in [4.78, 5) is 26.4. The predicted octanol–water partition coefficient (Wildman–Crippen LogP) is 3.31. The van der Waals surface area contributed by atoms with Crippen LogP contribution in [0.5, 0.6) is 0 Å². The van der Waals surface area contributed by atoms with E-state index in [0.717, 1.165) is 29.1 Å². The molecule has 0 radical (unpaired) electrons. The highest BCUT2D eigenvalue weighted by Gasteiger charge is 2.25. The average molecular weight is 359 g/mol. The standard InChI is InChI=1S/C17H15ClN4OS/c18-14-4-2-1-3-12(14)17(23)22-8-6-21(7-9-22)15-13-5-10-24-16(13)20-11-19-15/h1-5,10-11H,6-9H2. The Morgan fingerprint density at radius 2 is 1.88 bits per heavy atom. The molecule has 4 rings (SSSR count). The molecule has 2 aromatic heterocycles. The minimum absolute atomic E-state index is 0.0105. The van der Waals surface area contributed by atoms with Crippen molar-refractivity contribution in [2.75, 3.05) is 31.1 Å². The minimum Gasteiger partial charge on any atom is -0.352 e. The lowest BCUT2D eigenvalue weighted by Crippen LogP contribution is -2.49. The first kappa shape index (κ1) is 15.4. The van der Waals surface area contributed by atoms with E-state index in [1.807, 2.05) is 22.4 Å². The van der Waals surface area contributed by atoms with Gasteiger partial charge >= 0.3 is 0 Å². The van der Waals surface area contributed by atoms with Crippen molar-refractivity contribution in [1.29, 1.82) is 0 Å². The second-order valence-electron chi connectivity index (χ2n) is 5.60. The Balaban J connectivity index is 1.50. The smallest absolute Gasteiger partial charge is 0.255 e. The molecule has 0 saturated carbocycles. The summed E-state index contributed by atoms with van der Waals surface area (Å²) in [5, 5.41) is 3.61. The van der Waals surface area contributed by atoms with Crippen molar-refractivity contribution in [2.45, 2.75) is 0 Å². The molecule has 7 heteroatoms. The van der Waals surface area contributed by atoms with Crippen LogP contribution in [-0.2, 0) is 0 Å². The molecule has 1 aliphatic heterocycles. The number of rotatable bonds is 2. The topological polar surface area (TPSA) is 49.3 Å². The molecule has 3 aromatic rings. The van der Waals surface area contributed by atoms with E-state index < -0.39 is 0 Å². The Hall–Kier alpha value is -2.18. The summed E-state index contributed by atoms with van der Waals surface area (Å²) in [7, 11) is 0. The van der Waals surface area contributed by atoms with Gasteiger partial charge in [-0.15, -0.1) is 11.3 Å². The fourth-order valence-electron chi connectivity index (χ4n) is 2.96. The van der Waals surface area contributed by atoms with E-state index in [-0.39, 0.29) is 5.91 Å². The second kappa shape index (κ2) is 6.37. The van der Waals surface area contributed by atoms with Gasteiger partial charge in [-0.25, -0.2) is 9.97 Å². The summed E-state index contributed by atoms with van der Waals surface area (Å²) in [6.45, 7) is 2.80. The third-order valence-electron chi connectivity index (χ3n) is 4.21. The number of carbonyl (C=O) groups excluding carboxylic acids is 1. The zero-order valence-corrected chi connectivity index (χ0v) is 14.4. The molecule has 0 unspecified atom stereocenters. The zero-order chi connectivity index (χ0) is 16.5. The molecule has 3 heterocycles. The Morgan fingerprint density at radius 3 is 2.67 bits per heavy atom. The molecular formula is C17H15ClN4OS. The van der Waals surface area contributed by atoms with Gasteiger partial charge < -0.3 is 9.80 Å². The summed E-state index contributed by atoms with van der Waals surface area (Å²) >= 11 is 7.75. The van der Waals surface area contributed by atoms with Crippen molar-refractivity contribution >= 4 is 44.9 Å². The van der Waals surface area contributed by atoms with Crippen LogP contribution in [0.3, 0.4) is 0 Å². The summed E-state index contributed by atoms with van der Waals surface area (Å²) in [6, 6.07) is 9.24. The van der Waals surface area contributed by atoms with Crippen LogP contribution in [0.2, 0.25) is 5.02 Å². The van der Waals surface area contributed by atoms with Gasteiger partial charge in [0.1, 0.15) is 17.0 Å². The highest BCUT2D eigenvalue weighted by atomic mass is 35.5. The van der Waals surface area contributed by atoms with Gasteiger partial charge in [0.15, 0.2) is 0 Å². The van der Waals surface area contributed by atoms with Crippen molar-refractivity contribution in [1.82, 2.24) is 14.9 Å². The van der Waals surface area contributed by atoms with Crippen LogP contribution in [0.25, 0.3) is 10.2 Å². The Kier molecular flexibility index (Phi) is 4.08. The molecule has 1 fully saturated rings. The van der Waals surface area contributed by atoms with Crippen molar-refractivity contribution in [3.63, 3.8) is 0 Å². The Morgan fingerprint density at radius 1 is 1.08 bits per heavy atom. The van der Waals surface area contributed by atoms with Crippen LogP contribution in [0.15, 0.2) is 42.0 Å². The quantitative estimate of drug-likeness (QED) is 0.705. The molecule has 1 aromatic carbocycles. The summed E-state index contributed by atoms with van der Waals surface area (Å²) < 4.78 is 0. The first-order chi connectivity index (χ1) is 11.7. The zero-order valence-electron chi connectivity index (χ0n) is 12.9. The lowest BCUT2D eigenvalue weighted by atomic mass is 10.1. The third-order valence-corrected chi connectivity index (χ3v) is 5.36. The molecule has 0 spiro atoms. The third kappa shape index (κ3) is 2.72. The van der Waals surface area contributed by atoms with E-state index in [2.05, 4.69) is 20.9 Å². The number of halogens is 1. The molecule has 0 bridgehead atoms. The maximum Gasteiger partial charge on any atom is 0.255 e.